The van der Waals surface area contributed by atoms with E-state index in [1.807, 2.05) is 6.07 Å². The fourth-order valence-corrected chi connectivity index (χ4v) is 3.62. The molecule has 0 spiro atoms. The Kier molecular flexibility index (Phi) is 5.72. The zero-order valence-corrected chi connectivity index (χ0v) is 14.2. The van der Waals surface area contributed by atoms with E-state index in [9.17, 15) is 9.59 Å². The van der Waals surface area contributed by atoms with Crippen molar-refractivity contribution in [3.8, 4) is 0 Å². The Bertz CT molecular complexity index is 561. The molecular weight excluding hydrogens is 304 g/mol. The van der Waals surface area contributed by atoms with Crippen molar-refractivity contribution in [2.24, 2.45) is 0 Å². The van der Waals surface area contributed by atoms with Crippen molar-refractivity contribution >= 4 is 12.0 Å². The highest BCUT2D eigenvalue weighted by Gasteiger charge is 2.27. The molecule has 2 amide bonds. The molecule has 130 valence electrons. The van der Waals surface area contributed by atoms with Gasteiger partial charge in [0.05, 0.1) is 6.54 Å². The van der Waals surface area contributed by atoms with Crippen molar-refractivity contribution in [1.82, 2.24) is 9.80 Å². The first kappa shape index (κ1) is 16.8. The topological polar surface area (TPSA) is 49.9 Å². The maximum Gasteiger partial charge on any atom is 0.409 e. The molecule has 0 saturated carbocycles. The van der Waals surface area contributed by atoms with Crippen molar-refractivity contribution in [2.75, 3.05) is 26.2 Å². The van der Waals surface area contributed by atoms with Crippen LogP contribution in [0.1, 0.15) is 37.7 Å². The van der Waals surface area contributed by atoms with Gasteiger partial charge in [-0.05, 0) is 37.7 Å². The van der Waals surface area contributed by atoms with Gasteiger partial charge in [0, 0.05) is 25.6 Å². The van der Waals surface area contributed by atoms with E-state index in [1.54, 1.807) is 4.90 Å². The molecule has 0 bridgehead atoms. The lowest BCUT2D eigenvalue weighted by Gasteiger charge is -2.36. The van der Waals surface area contributed by atoms with Crippen LogP contribution in [0.25, 0.3) is 0 Å². The second-order valence-electron chi connectivity index (χ2n) is 6.63. The predicted octanol–water partition coefficient (Wildman–Crippen LogP) is 2.84. The average molecular weight is 330 g/mol. The monoisotopic (exact) mass is 330 g/mol. The van der Waals surface area contributed by atoms with Gasteiger partial charge in [0.25, 0.3) is 0 Å². The van der Waals surface area contributed by atoms with E-state index >= 15 is 0 Å². The second kappa shape index (κ2) is 8.18. The van der Waals surface area contributed by atoms with Crippen LogP contribution >= 0.6 is 0 Å². The van der Waals surface area contributed by atoms with E-state index in [0.29, 0.717) is 38.6 Å². The number of carbonyl (C=O) groups is 2. The number of likely N-dealkylation sites (tertiary alicyclic amines) is 1. The number of nitrogens with zero attached hydrogens (tertiary/aromatic N) is 2. The van der Waals surface area contributed by atoms with E-state index in [0.717, 1.165) is 25.8 Å². The summed E-state index contributed by atoms with van der Waals surface area (Å²) in [4.78, 5) is 27.8. The third kappa shape index (κ3) is 4.28. The number of rotatable bonds is 6. The van der Waals surface area contributed by atoms with E-state index in [2.05, 4.69) is 29.2 Å². The lowest BCUT2D eigenvalue weighted by atomic mass is 9.95. The number of ether oxygens (including phenoxy) is 1. The lowest BCUT2D eigenvalue weighted by Crippen LogP contribution is -2.45. The Labute approximate surface area is 143 Å². The minimum absolute atomic E-state index is 0.225. The molecule has 0 aliphatic carbocycles. The number of hydrogen-bond donors (Lipinski definition) is 0. The molecule has 2 saturated heterocycles. The summed E-state index contributed by atoms with van der Waals surface area (Å²) in [6.07, 6.45) is 5.28. The average Bonchev–Trinajstić information content (AvgIpc) is 3.01. The van der Waals surface area contributed by atoms with Crippen LogP contribution in [0.3, 0.4) is 0 Å². The molecule has 2 aliphatic rings. The molecular formula is C19H26N2O3. The van der Waals surface area contributed by atoms with Gasteiger partial charge in [0.1, 0.15) is 6.61 Å². The highest BCUT2D eigenvalue weighted by atomic mass is 16.6. The van der Waals surface area contributed by atoms with Crippen LogP contribution in [0.15, 0.2) is 30.3 Å². The number of carbonyl (C=O) groups excluding carboxylic acids is 2. The molecule has 0 N–H and O–H groups in total. The zero-order chi connectivity index (χ0) is 16.8. The Balaban J connectivity index is 1.50. The first-order valence-corrected chi connectivity index (χ1v) is 8.99. The molecule has 1 unspecified atom stereocenters. The Morgan fingerprint density at radius 1 is 1.17 bits per heavy atom. The number of benzene rings is 1. The molecule has 24 heavy (non-hydrogen) atoms. The molecule has 1 aromatic rings. The van der Waals surface area contributed by atoms with E-state index in [-0.39, 0.29) is 12.0 Å². The van der Waals surface area contributed by atoms with Crippen molar-refractivity contribution in [3.05, 3.63) is 35.9 Å². The summed E-state index contributed by atoms with van der Waals surface area (Å²) in [6.45, 7) is 2.59. The molecule has 5 heteroatoms. The second-order valence-corrected chi connectivity index (χ2v) is 6.63. The van der Waals surface area contributed by atoms with Crippen molar-refractivity contribution in [2.45, 2.75) is 44.6 Å². The van der Waals surface area contributed by atoms with Gasteiger partial charge < -0.3 is 14.5 Å². The summed E-state index contributed by atoms with van der Waals surface area (Å²) in [5, 5.41) is 0. The SMILES string of the molecule is O=C1OCCN1CCCC(=O)N1CCCCC1Cc1ccccc1. The molecule has 1 atom stereocenters. The van der Waals surface area contributed by atoms with Gasteiger partial charge >= 0.3 is 6.09 Å². The van der Waals surface area contributed by atoms with Gasteiger partial charge in [-0.1, -0.05) is 30.3 Å². The number of amides is 2. The lowest BCUT2D eigenvalue weighted by molar-refractivity contribution is -0.135. The van der Waals surface area contributed by atoms with Crippen molar-refractivity contribution < 1.29 is 14.3 Å². The van der Waals surface area contributed by atoms with E-state index < -0.39 is 0 Å². The Hall–Kier alpha value is -2.04. The zero-order valence-electron chi connectivity index (χ0n) is 14.2. The van der Waals surface area contributed by atoms with Gasteiger partial charge in [-0.25, -0.2) is 4.79 Å². The van der Waals surface area contributed by atoms with Crippen LogP contribution in [0.2, 0.25) is 0 Å². The minimum atomic E-state index is -0.248. The van der Waals surface area contributed by atoms with E-state index in [4.69, 9.17) is 4.74 Å². The van der Waals surface area contributed by atoms with Crippen LogP contribution < -0.4 is 0 Å². The van der Waals surface area contributed by atoms with Gasteiger partial charge in [-0.15, -0.1) is 0 Å². The smallest absolute Gasteiger partial charge is 0.409 e. The summed E-state index contributed by atoms with van der Waals surface area (Å²) in [7, 11) is 0. The van der Waals surface area contributed by atoms with Gasteiger partial charge in [0.15, 0.2) is 0 Å². The normalized spacial score (nSPS) is 21.0. The molecule has 0 radical (unpaired) electrons. The molecule has 2 heterocycles. The maximum atomic E-state index is 12.6. The summed E-state index contributed by atoms with van der Waals surface area (Å²) < 4.78 is 4.91. The van der Waals surface area contributed by atoms with Crippen LogP contribution in [-0.2, 0) is 16.0 Å². The van der Waals surface area contributed by atoms with Crippen molar-refractivity contribution in [3.63, 3.8) is 0 Å². The molecule has 3 rings (SSSR count). The number of piperidine rings is 1. The van der Waals surface area contributed by atoms with Crippen LogP contribution in [0.4, 0.5) is 4.79 Å². The van der Waals surface area contributed by atoms with Gasteiger partial charge in [0.2, 0.25) is 5.91 Å². The molecule has 1 aromatic carbocycles. The Morgan fingerprint density at radius 3 is 2.75 bits per heavy atom. The third-order valence-corrected chi connectivity index (χ3v) is 4.93. The molecule has 2 aliphatic heterocycles. The molecule has 5 nitrogen and oxygen atoms in total. The van der Waals surface area contributed by atoms with Gasteiger partial charge in [-0.2, -0.15) is 0 Å². The minimum Gasteiger partial charge on any atom is -0.448 e. The fraction of sp³-hybridized carbons (Fsp3) is 0.579. The Morgan fingerprint density at radius 2 is 2.00 bits per heavy atom. The fourth-order valence-electron chi connectivity index (χ4n) is 3.62. The quantitative estimate of drug-likeness (QED) is 0.806. The largest absolute Gasteiger partial charge is 0.448 e. The predicted molar refractivity (Wildman–Crippen MR) is 91.7 cm³/mol. The van der Waals surface area contributed by atoms with Crippen LogP contribution in [0.5, 0.6) is 0 Å². The first-order chi connectivity index (χ1) is 11.7. The third-order valence-electron chi connectivity index (χ3n) is 4.93. The summed E-state index contributed by atoms with van der Waals surface area (Å²) >= 11 is 0. The standard InChI is InChI=1S/C19H26N2O3/c22-18(10-6-11-20-13-14-24-19(20)23)21-12-5-4-9-17(21)15-16-7-2-1-3-8-16/h1-3,7-8,17H,4-6,9-15H2. The molecule has 2 fully saturated rings. The van der Waals surface area contributed by atoms with Crippen LogP contribution in [0, 0.1) is 0 Å². The van der Waals surface area contributed by atoms with Gasteiger partial charge in [-0.3, -0.25) is 4.79 Å². The highest BCUT2D eigenvalue weighted by Crippen LogP contribution is 2.22. The molecule has 0 aromatic heterocycles. The summed E-state index contributed by atoms with van der Waals surface area (Å²) in [5.74, 6) is 0.225. The summed E-state index contributed by atoms with van der Waals surface area (Å²) in [5.41, 5.74) is 1.29. The first-order valence-electron chi connectivity index (χ1n) is 8.99. The van der Waals surface area contributed by atoms with E-state index in [1.165, 1.54) is 12.0 Å². The summed E-state index contributed by atoms with van der Waals surface area (Å²) in [6, 6.07) is 10.7. The number of hydrogen-bond acceptors (Lipinski definition) is 3. The maximum absolute atomic E-state index is 12.6. The number of cyclic esters (lactones) is 1. The van der Waals surface area contributed by atoms with Crippen LogP contribution in [-0.4, -0.2) is 54.1 Å². The highest BCUT2D eigenvalue weighted by molar-refractivity contribution is 5.76. The van der Waals surface area contributed by atoms with Crippen molar-refractivity contribution in [1.29, 1.82) is 0 Å².